The molecular weight excluding hydrogens is 452 g/mol. The first-order valence-corrected chi connectivity index (χ1v) is 12.2. The largest absolute Gasteiger partial charge is 0.336 e. The fourth-order valence-corrected chi connectivity index (χ4v) is 5.01. The predicted molar refractivity (Wildman–Crippen MR) is 136 cm³/mol. The highest BCUT2D eigenvalue weighted by atomic mass is 35.5. The Morgan fingerprint density at radius 3 is 2.70 bits per heavy atom. The van der Waals surface area contributed by atoms with E-state index in [0.717, 1.165) is 46.7 Å². The number of carbonyl (C=O) groups is 1. The number of carbonyl (C=O) groups excluding carboxylic acids is 1. The maximum atomic E-state index is 12.7. The van der Waals surface area contributed by atoms with Crippen molar-refractivity contribution < 1.29 is 4.79 Å². The number of amides is 1. The molecule has 0 radical (unpaired) electrons. The van der Waals surface area contributed by atoms with E-state index in [1.54, 1.807) is 0 Å². The van der Waals surface area contributed by atoms with Crippen LogP contribution in [0.4, 0.5) is 11.6 Å². The zero-order valence-corrected chi connectivity index (χ0v) is 19.8. The van der Waals surface area contributed by atoms with E-state index in [9.17, 15) is 4.79 Å². The number of halogens is 1. The Morgan fingerprint density at radius 1 is 1.03 bits per heavy atom. The summed E-state index contributed by atoms with van der Waals surface area (Å²) in [5.41, 5.74) is 5.17. The molecule has 1 aliphatic rings. The second kappa shape index (κ2) is 9.41. The lowest BCUT2D eigenvalue weighted by atomic mass is 10.0. The van der Waals surface area contributed by atoms with Crippen LogP contribution in [0.2, 0.25) is 5.02 Å². The zero-order valence-electron chi connectivity index (χ0n) is 18.2. The van der Waals surface area contributed by atoms with Gasteiger partial charge in [-0.3, -0.25) is 4.79 Å². The lowest BCUT2D eigenvalue weighted by Crippen LogP contribution is -2.31. The summed E-state index contributed by atoms with van der Waals surface area (Å²) in [6.07, 6.45) is 0.968. The van der Waals surface area contributed by atoms with Crippen molar-refractivity contribution in [2.75, 3.05) is 22.5 Å². The number of para-hydroxylation sites is 1. The monoisotopic (exact) mass is 474 g/mol. The van der Waals surface area contributed by atoms with Gasteiger partial charge in [-0.2, -0.15) is 0 Å². The Kier molecular flexibility index (Phi) is 6.20. The van der Waals surface area contributed by atoms with Crippen LogP contribution in [0.5, 0.6) is 0 Å². The Morgan fingerprint density at radius 2 is 1.82 bits per heavy atom. The number of fused-ring (bicyclic) bond motifs is 2. The lowest BCUT2D eigenvalue weighted by Gasteiger charge is -2.29. The molecule has 1 aromatic heterocycles. The summed E-state index contributed by atoms with van der Waals surface area (Å²) in [7, 11) is 0. The molecule has 1 aliphatic heterocycles. The third kappa shape index (κ3) is 4.68. The second-order valence-corrected chi connectivity index (χ2v) is 9.41. The molecule has 7 heteroatoms. The van der Waals surface area contributed by atoms with E-state index >= 15 is 0 Å². The summed E-state index contributed by atoms with van der Waals surface area (Å²) in [6.45, 7) is 3.55. The maximum absolute atomic E-state index is 12.7. The van der Waals surface area contributed by atoms with Gasteiger partial charge in [0.2, 0.25) is 11.9 Å². The van der Waals surface area contributed by atoms with Gasteiger partial charge in [-0.05, 0) is 48.2 Å². The van der Waals surface area contributed by atoms with Crippen molar-refractivity contribution in [1.82, 2.24) is 9.97 Å². The van der Waals surface area contributed by atoms with Crippen molar-refractivity contribution >= 4 is 51.8 Å². The molecule has 1 amide bonds. The van der Waals surface area contributed by atoms with E-state index in [1.165, 1.54) is 22.9 Å². The summed E-state index contributed by atoms with van der Waals surface area (Å²) in [5, 5.41) is 5.36. The predicted octanol–water partition coefficient (Wildman–Crippen LogP) is 5.89. The van der Waals surface area contributed by atoms with Crippen LogP contribution in [0.1, 0.15) is 16.7 Å². The molecule has 166 valence electrons. The molecule has 5 nitrogen and oxygen atoms in total. The fourth-order valence-electron chi connectivity index (χ4n) is 4.02. The van der Waals surface area contributed by atoms with Crippen LogP contribution < -0.4 is 10.2 Å². The Balaban J connectivity index is 1.37. The molecule has 0 spiro atoms. The minimum absolute atomic E-state index is 0.0958. The fraction of sp³-hybridized carbons (Fsp3) is 0.192. The molecule has 0 fully saturated rings. The molecule has 5 rings (SSSR count). The van der Waals surface area contributed by atoms with Gasteiger partial charge in [0, 0.05) is 29.2 Å². The number of thioether (sulfide) groups is 1. The topological polar surface area (TPSA) is 58.1 Å². The smallest absolute Gasteiger partial charge is 0.234 e. The van der Waals surface area contributed by atoms with E-state index in [2.05, 4.69) is 34.5 Å². The summed E-state index contributed by atoms with van der Waals surface area (Å²) in [6, 6.07) is 22.0. The molecule has 33 heavy (non-hydrogen) atoms. The van der Waals surface area contributed by atoms with Gasteiger partial charge >= 0.3 is 0 Å². The lowest BCUT2D eigenvalue weighted by molar-refractivity contribution is -0.113. The van der Waals surface area contributed by atoms with Gasteiger partial charge in [-0.25, -0.2) is 9.97 Å². The van der Waals surface area contributed by atoms with Gasteiger partial charge in [-0.15, -0.1) is 0 Å². The zero-order chi connectivity index (χ0) is 22.8. The number of anilines is 2. The van der Waals surface area contributed by atoms with Crippen LogP contribution in [0.25, 0.3) is 10.9 Å². The molecule has 0 bridgehead atoms. The average molecular weight is 475 g/mol. The molecule has 0 atom stereocenters. The van der Waals surface area contributed by atoms with Crippen molar-refractivity contribution in [2.45, 2.75) is 24.9 Å². The molecule has 1 N–H and O–H groups in total. The first-order chi connectivity index (χ1) is 16.1. The number of benzene rings is 3. The second-order valence-electron chi connectivity index (χ2n) is 8.04. The van der Waals surface area contributed by atoms with Gasteiger partial charge in [0.25, 0.3) is 0 Å². The summed E-state index contributed by atoms with van der Waals surface area (Å²) in [5.74, 6) is 0.855. The number of hydrogen-bond donors (Lipinski definition) is 1. The Hall–Kier alpha value is -3.09. The highest BCUT2D eigenvalue weighted by molar-refractivity contribution is 8.00. The van der Waals surface area contributed by atoms with E-state index in [4.69, 9.17) is 21.6 Å². The van der Waals surface area contributed by atoms with Crippen LogP contribution in [-0.2, 0) is 17.8 Å². The third-order valence-corrected chi connectivity index (χ3v) is 7.25. The van der Waals surface area contributed by atoms with Crippen LogP contribution in [-0.4, -0.2) is 28.2 Å². The third-order valence-electron chi connectivity index (χ3n) is 5.85. The molecule has 0 saturated carbocycles. The minimum atomic E-state index is -0.0958. The standard InChI is InChI=1S/C26H23ClN4OS/c1-17-21(27)10-6-12-22(17)28-24(32)16-33-25-20-9-4-5-11-23(20)29-26(30-25)31-14-13-18-7-2-3-8-19(18)15-31/h2-12H,13-16H2,1H3,(H,28,32). The van der Waals surface area contributed by atoms with Gasteiger partial charge in [0.05, 0.1) is 11.3 Å². The van der Waals surface area contributed by atoms with E-state index in [0.29, 0.717) is 11.0 Å². The van der Waals surface area contributed by atoms with Crippen molar-refractivity contribution in [3.8, 4) is 0 Å². The summed E-state index contributed by atoms with van der Waals surface area (Å²) >= 11 is 7.61. The molecule has 3 aromatic carbocycles. The molecular formula is C26H23ClN4OS. The van der Waals surface area contributed by atoms with Crippen molar-refractivity contribution in [1.29, 1.82) is 0 Å². The van der Waals surface area contributed by atoms with Crippen molar-refractivity contribution in [3.05, 3.63) is 88.4 Å². The first-order valence-electron chi connectivity index (χ1n) is 10.8. The molecule has 0 aliphatic carbocycles. The molecule has 0 saturated heterocycles. The van der Waals surface area contributed by atoms with Crippen LogP contribution in [0, 0.1) is 6.92 Å². The number of aromatic nitrogens is 2. The van der Waals surface area contributed by atoms with Gasteiger partial charge in [0.15, 0.2) is 0 Å². The first kappa shape index (κ1) is 21.7. The number of rotatable bonds is 5. The van der Waals surface area contributed by atoms with Crippen LogP contribution in [0.15, 0.2) is 71.8 Å². The summed E-state index contributed by atoms with van der Waals surface area (Å²) in [4.78, 5) is 24.6. The van der Waals surface area contributed by atoms with Crippen molar-refractivity contribution in [2.24, 2.45) is 0 Å². The van der Waals surface area contributed by atoms with E-state index < -0.39 is 0 Å². The van der Waals surface area contributed by atoms with Gasteiger partial charge in [0.1, 0.15) is 5.03 Å². The van der Waals surface area contributed by atoms with E-state index in [-0.39, 0.29) is 11.7 Å². The SMILES string of the molecule is Cc1c(Cl)cccc1NC(=O)CSc1nc(N2CCc3ccccc3C2)nc2ccccc12. The summed E-state index contributed by atoms with van der Waals surface area (Å²) < 4.78 is 0. The van der Waals surface area contributed by atoms with Gasteiger partial charge in [-0.1, -0.05) is 71.9 Å². The maximum Gasteiger partial charge on any atom is 0.234 e. The van der Waals surface area contributed by atoms with Crippen LogP contribution in [0.3, 0.4) is 0 Å². The Labute approximate surface area is 202 Å². The number of nitrogens with one attached hydrogen (secondary N) is 1. The number of nitrogens with zero attached hydrogens (tertiary/aromatic N) is 3. The van der Waals surface area contributed by atoms with Crippen molar-refractivity contribution in [3.63, 3.8) is 0 Å². The molecule has 2 heterocycles. The normalized spacial score (nSPS) is 13.1. The van der Waals surface area contributed by atoms with Crippen LogP contribution >= 0.6 is 23.4 Å². The quantitative estimate of drug-likeness (QED) is 0.289. The Bertz CT molecular complexity index is 1340. The van der Waals surface area contributed by atoms with E-state index in [1.807, 2.05) is 49.4 Å². The minimum Gasteiger partial charge on any atom is -0.336 e. The molecule has 4 aromatic rings. The molecule has 0 unspecified atom stereocenters. The highest BCUT2D eigenvalue weighted by Gasteiger charge is 2.20. The average Bonchev–Trinajstić information content (AvgIpc) is 2.85. The number of hydrogen-bond acceptors (Lipinski definition) is 5. The highest BCUT2D eigenvalue weighted by Crippen LogP contribution is 2.30. The van der Waals surface area contributed by atoms with Gasteiger partial charge < -0.3 is 10.2 Å².